The summed E-state index contributed by atoms with van der Waals surface area (Å²) in [6.07, 6.45) is 0. The van der Waals surface area contributed by atoms with Crippen LogP contribution in [0.1, 0.15) is 5.56 Å². The lowest BCUT2D eigenvalue weighted by molar-refractivity contribution is 0.414. The predicted molar refractivity (Wildman–Crippen MR) is 58.9 cm³/mol. The summed E-state index contributed by atoms with van der Waals surface area (Å²) in [6, 6.07) is 3.19. The maximum absolute atomic E-state index is 5.85. The third kappa shape index (κ3) is 2.24. The van der Waals surface area contributed by atoms with Crippen molar-refractivity contribution in [2.75, 3.05) is 7.11 Å². The summed E-state index contributed by atoms with van der Waals surface area (Å²) in [5, 5.41) is 0.881. The number of rotatable bonds is 2. The van der Waals surface area contributed by atoms with E-state index in [9.17, 15) is 0 Å². The van der Waals surface area contributed by atoms with Crippen molar-refractivity contribution in [3.63, 3.8) is 0 Å². The molecule has 1 aromatic rings. The van der Waals surface area contributed by atoms with Crippen molar-refractivity contribution >= 4 is 40.4 Å². The summed E-state index contributed by atoms with van der Waals surface area (Å²) in [4.78, 5) is 0.209. The van der Waals surface area contributed by atoms with Crippen molar-refractivity contribution < 1.29 is 4.74 Å². The molecule has 0 aromatic heterocycles. The van der Waals surface area contributed by atoms with E-state index in [1.807, 2.05) is 0 Å². The van der Waals surface area contributed by atoms with Crippen LogP contribution >= 0.6 is 35.4 Å². The molecule has 0 fully saturated rings. The molecule has 1 aromatic carbocycles. The smallest absolute Gasteiger partial charge is 0.147 e. The molecule has 0 radical (unpaired) electrons. The van der Waals surface area contributed by atoms with Crippen LogP contribution in [0.3, 0.4) is 0 Å². The Morgan fingerprint density at radius 3 is 2.54 bits per heavy atom. The molecular weight excluding hydrogens is 229 g/mol. The number of halogens is 2. The molecule has 0 amide bonds. The SMILES string of the molecule is COc1c(Cl)cc(Cl)cc1C(N)=S. The fraction of sp³-hybridized carbons (Fsp3) is 0.125. The molecule has 0 spiro atoms. The fourth-order valence-corrected chi connectivity index (χ4v) is 1.67. The van der Waals surface area contributed by atoms with Gasteiger partial charge in [-0.3, -0.25) is 0 Å². The highest BCUT2D eigenvalue weighted by Crippen LogP contribution is 2.31. The molecule has 0 aliphatic heterocycles. The number of hydrogen-bond acceptors (Lipinski definition) is 2. The molecule has 2 nitrogen and oxygen atoms in total. The van der Waals surface area contributed by atoms with Gasteiger partial charge in [-0.15, -0.1) is 0 Å². The molecule has 0 aliphatic rings. The van der Waals surface area contributed by atoms with Crippen LogP contribution < -0.4 is 10.5 Å². The zero-order valence-electron chi connectivity index (χ0n) is 6.80. The summed E-state index contributed by atoms with van der Waals surface area (Å²) in [5.74, 6) is 0.457. The monoisotopic (exact) mass is 235 g/mol. The average Bonchev–Trinajstić information content (AvgIpc) is 2.02. The van der Waals surface area contributed by atoms with Crippen molar-refractivity contribution in [2.24, 2.45) is 5.73 Å². The van der Waals surface area contributed by atoms with Gasteiger partial charge in [0.1, 0.15) is 10.7 Å². The number of nitrogens with two attached hydrogens (primary N) is 1. The summed E-state index contributed by atoms with van der Waals surface area (Å²) in [7, 11) is 1.50. The second-order valence-corrected chi connectivity index (χ2v) is 3.62. The maximum atomic E-state index is 5.85. The largest absolute Gasteiger partial charge is 0.494 e. The highest BCUT2D eigenvalue weighted by Gasteiger charge is 2.11. The number of benzene rings is 1. The lowest BCUT2D eigenvalue weighted by Crippen LogP contribution is -2.11. The van der Waals surface area contributed by atoms with Gasteiger partial charge in [-0.1, -0.05) is 35.4 Å². The van der Waals surface area contributed by atoms with Crippen LogP contribution in [0.15, 0.2) is 12.1 Å². The molecule has 13 heavy (non-hydrogen) atoms. The van der Waals surface area contributed by atoms with Gasteiger partial charge < -0.3 is 10.5 Å². The van der Waals surface area contributed by atoms with Crippen molar-refractivity contribution in [3.8, 4) is 5.75 Å². The zero-order chi connectivity index (χ0) is 10.0. The van der Waals surface area contributed by atoms with Crippen molar-refractivity contribution in [1.29, 1.82) is 0 Å². The van der Waals surface area contributed by atoms with Crippen molar-refractivity contribution in [3.05, 3.63) is 27.7 Å². The first kappa shape index (κ1) is 10.6. The van der Waals surface area contributed by atoms with E-state index in [-0.39, 0.29) is 4.99 Å². The molecule has 0 aliphatic carbocycles. The topological polar surface area (TPSA) is 35.2 Å². The Bertz CT molecular complexity index is 354. The van der Waals surface area contributed by atoms with Crippen LogP contribution in [0.4, 0.5) is 0 Å². The molecule has 0 atom stereocenters. The maximum Gasteiger partial charge on any atom is 0.147 e. The van der Waals surface area contributed by atoms with Gasteiger partial charge in [-0.05, 0) is 12.1 Å². The number of ether oxygens (including phenoxy) is 1. The lowest BCUT2D eigenvalue weighted by Gasteiger charge is -2.09. The highest BCUT2D eigenvalue weighted by atomic mass is 35.5. The molecule has 0 saturated carbocycles. The minimum atomic E-state index is 0.209. The van der Waals surface area contributed by atoms with Crippen LogP contribution in [-0.2, 0) is 0 Å². The van der Waals surface area contributed by atoms with Crippen LogP contribution in [0.5, 0.6) is 5.75 Å². The van der Waals surface area contributed by atoms with E-state index in [0.717, 1.165) is 0 Å². The van der Waals surface area contributed by atoms with Crippen molar-refractivity contribution in [2.45, 2.75) is 0 Å². The number of hydrogen-bond donors (Lipinski definition) is 1. The number of thiocarbonyl (C=S) groups is 1. The Balaban J connectivity index is 3.38. The molecule has 0 unspecified atom stereocenters. The first-order valence-corrected chi connectivity index (χ1v) is 4.55. The molecule has 0 bridgehead atoms. The summed E-state index contributed by atoms with van der Waals surface area (Å²) in [5.41, 5.74) is 6.01. The van der Waals surface area contributed by atoms with E-state index in [4.69, 9.17) is 45.9 Å². The second-order valence-electron chi connectivity index (χ2n) is 2.33. The first-order valence-electron chi connectivity index (χ1n) is 3.39. The van der Waals surface area contributed by atoms with Gasteiger partial charge in [0.15, 0.2) is 0 Å². The Morgan fingerprint density at radius 2 is 2.08 bits per heavy atom. The van der Waals surface area contributed by atoms with E-state index >= 15 is 0 Å². The molecule has 0 heterocycles. The number of methoxy groups -OCH3 is 1. The Kier molecular flexibility index (Phi) is 3.36. The molecule has 0 saturated heterocycles. The molecular formula is C8H7Cl2NOS. The Morgan fingerprint density at radius 1 is 1.46 bits per heavy atom. The molecule has 1 rings (SSSR count). The normalized spacial score (nSPS) is 9.77. The van der Waals surface area contributed by atoms with Gasteiger partial charge in [0.05, 0.1) is 17.7 Å². The predicted octanol–water partition coefficient (Wildman–Crippen LogP) is 2.64. The summed E-state index contributed by atoms with van der Waals surface area (Å²) in [6.45, 7) is 0. The van der Waals surface area contributed by atoms with Crippen molar-refractivity contribution in [1.82, 2.24) is 0 Å². The van der Waals surface area contributed by atoms with E-state index in [0.29, 0.717) is 21.4 Å². The first-order chi connectivity index (χ1) is 6.06. The van der Waals surface area contributed by atoms with Crippen LogP contribution in [0, 0.1) is 0 Å². The van der Waals surface area contributed by atoms with Crippen LogP contribution in [-0.4, -0.2) is 12.1 Å². The third-order valence-corrected chi connectivity index (χ3v) is 2.20. The lowest BCUT2D eigenvalue weighted by atomic mass is 10.2. The second kappa shape index (κ2) is 4.13. The van der Waals surface area contributed by atoms with E-state index in [1.54, 1.807) is 12.1 Å². The fourth-order valence-electron chi connectivity index (χ4n) is 0.951. The van der Waals surface area contributed by atoms with Gasteiger partial charge in [-0.25, -0.2) is 0 Å². The minimum Gasteiger partial charge on any atom is -0.494 e. The van der Waals surface area contributed by atoms with Gasteiger partial charge in [0.2, 0.25) is 0 Å². The standard InChI is InChI=1S/C8H7Cl2NOS/c1-12-7-5(8(11)13)2-4(9)3-6(7)10/h2-3H,1H3,(H2,11,13). The Hall–Kier alpha value is -0.510. The molecule has 5 heteroatoms. The van der Waals surface area contributed by atoms with E-state index < -0.39 is 0 Å². The van der Waals surface area contributed by atoms with E-state index in [1.165, 1.54) is 7.11 Å². The van der Waals surface area contributed by atoms with Crippen LogP contribution in [0.2, 0.25) is 10.0 Å². The quantitative estimate of drug-likeness (QED) is 0.801. The van der Waals surface area contributed by atoms with Gasteiger partial charge >= 0.3 is 0 Å². The van der Waals surface area contributed by atoms with Gasteiger partial charge in [0.25, 0.3) is 0 Å². The highest BCUT2D eigenvalue weighted by molar-refractivity contribution is 7.80. The zero-order valence-corrected chi connectivity index (χ0v) is 9.13. The molecule has 70 valence electrons. The van der Waals surface area contributed by atoms with E-state index in [2.05, 4.69) is 0 Å². The Labute approximate surface area is 91.6 Å². The minimum absolute atomic E-state index is 0.209. The van der Waals surface area contributed by atoms with Crippen LogP contribution in [0.25, 0.3) is 0 Å². The summed E-state index contributed by atoms with van der Waals surface area (Å²) >= 11 is 16.4. The molecule has 2 N–H and O–H groups in total. The average molecular weight is 236 g/mol. The van der Waals surface area contributed by atoms with Gasteiger partial charge in [-0.2, -0.15) is 0 Å². The third-order valence-electron chi connectivity index (χ3n) is 1.48. The van der Waals surface area contributed by atoms with Gasteiger partial charge in [0, 0.05) is 5.02 Å². The summed E-state index contributed by atoms with van der Waals surface area (Å²) < 4.78 is 5.03.